The van der Waals surface area contributed by atoms with E-state index in [1.54, 1.807) is 21.4 Å². The van der Waals surface area contributed by atoms with Crippen molar-refractivity contribution < 1.29 is 18.4 Å². The van der Waals surface area contributed by atoms with E-state index in [0.717, 1.165) is 17.7 Å². The van der Waals surface area contributed by atoms with Crippen molar-refractivity contribution in [3.63, 3.8) is 0 Å². The average Bonchev–Trinajstić information content (AvgIpc) is 3.46. The summed E-state index contributed by atoms with van der Waals surface area (Å²) < 4.78 is 32.0. The molecule has 0 spiro atoms. The highest BCUT2D eigenvalue weighted by Gasteiger charge is 2.30. The second-order valence-corrected chi connectivity index (χ2v) is 9.93. The number of nitrogen functional groups attached to an aromatic ring is 1. The van der Waals surface area contributed by atoms with Gasteiger partial charge in [0.25, 0.3) is 0 Å². The van der Waals surface area contributed by atoms with E-state index in [1.807, 2.05) is 6.07 Å². The number of nitrogens with two attached hydrogens (primary N) is 1. The molecule has 2 aromatic heterocycles. The zero-order valence-corrected chi connectivity index (χ0v) is 20.7. The average molecular weight is 521 g/mol. The third-order valence-corrected chi connectivity index (χ3v) is 7.82. The van der Waals surface area contributed by atoms with Crippen LogP contribution in [0.2, 0.25) is 0 Å². The molecule has 1 atom stereocenters. The van der Waals surface area contributed by atoms with E-state index in [0.29, 0.717) is 41.7 Å². The summed E-state index contributed by atoms with van der Waals surface area (Å²) in [7, 11) is 0. The van der Waals surface area contributed by atoms with E-state index in [-0.39, 0.29) is 44.7 Å². The van der Waals surface area contributed by atoms with Crippen LogP contribution in [-0.2, 0) is 16.1 Å². The molecule has 0 radical (unpaired) electrons. The van der Waals surface area contributed by atoms with E-state index >= 15 is 4.39 Å². The molecular weight excluding hydrogens is 498 g/mol. The summed E-state index contributed by atoms with van der Waals surface area (Å²) in [6.45, 7) is 6.63. The lowest BCUT2D eigenvalue weighted by molar-refractivity contribution is -0.133. The minimum absolute atomic E-state index is 0.103. The van der Waals surface area contributed by atoms with Gasteiger partial charge in [-0.05, 0) is 36.3 Å². The van der Waals surface area contributed by atoms with Gasteiger partial charge in [-0.1, -0.05) is 12.6 Å². The largest absolute Gasteiger partial charge is 0.389 e. The molecule has 2 amide bonds. The number of aryl methyl sites for hydroxylation is 1. The zero-order chi connectivity index (χ0) is 26.4. The van der Waals surface area contributed by atoms with Gasteiger partial charge in [-0.2, -0.15) is 10.4 Å². The molecule has 2 N–H and O–H groups in total. The first kappa shape index (κ1) is 24.4. The van der Waals surface area contributed by atoms with Crippen molar-refractivity contribution in [3.8, 4) is 17.2 Å². The third-order valence-electron chi connectivity index (χ3n) is 6.80. The quantitative estimate of drug-likeness (QED) is 0.318. The number of amides is 2. The molecule has 1 fully saturated rings. The standard InChI is InChI=1S/C26H22F2N6O2S/c1-3-21(36)32-6-7-33(13-35)15(11-32)12-34-24-14(2)8-20(28)22(18(24)10-31-34)16-4-5-19(27)25-23(16)17(9-29)26(30)37-25/h3-5,8,10,13,15H,1,6-7,11-12,30H2,2H3. The van der Waals surface area contributed by atoms with Crippen LogP contribution in [0.15, 0.2) is 37.1 Å². The van der Waals surface area contributed by atoms with E-state index in [1.165, 1.54) is 30.5 Å². The molecule has 1 saturated heterocycles. The molecular formula is C26H22F2N6O2S. The van der Waals surface area contributed by atoms with Crippen LogP contribution in [0.1, 0.15) is 11.1 Å². The number of rotatable bonds is 5. The summed E-state index contributed by atoms with van der Waals surface area (Å²) in [5.41, 5.74) is 7.87. The number of anilines is 1. The number of thiophene rings is 1. The van der Waals surface area contributed by atoms with Gasteiger partial charge in [0.2, 0.25) is 12.3 Å². The van der Waals surface area contributed by atoms with Gasteiger partial charge in [0.15, 0.2) is 0 Å². The number of fused-ring (bicyclic) bond motifs is 2. The molecule has 1 aliphatic heterocycles. The van der Waals surface area contributed by atoms with Crippen LogP contribution in [0.5, 0.6) is 0 Å². The first-order valence-electron chi connectivity index (χ1n) is 11.5. The molecule has 2 aromatic carbocycles. The topological polar surface area (TPSA) is 108 Å². The second kappa shape index (κ2) is 9.29. The molecule has 5 rings (SSSR count). The summed E-state index contributed by atoms with van der Waals surface area (Å²) >= 11 is 0.948. The van der Waals surface area contributed by atoms with E-state index in [2.05, 4.69) is 11.7 Å². The molecule has 8 nitrogen and oxygen atoms in total. The number of benzene rings is 2. The van der Waals surface area contributed by atoms with Gasteiger partial charge >= 0.3 is 0 Å². The summed E-state index contributed by atoms with van der Waals surface area (Å²) in [6.07, 6.45) is 3.52. The monoisotopic (exact) mass is 520 g/mol. The number of carbonyl (C=O) groups is 2. The van der Waals surface area contributed by atoms with Gasteiger partial charge in [-0.25, -0.2) is 8.78 Å². The van der Waals surface area contributed by atoms with Gasteiger partial charge in [-0.3, -0.25) is 14.3 Å². The Morgan fingerprint density at radius 2 is 2.14 bits per heavy atom. The lowest BCUT2D eigenvalue weighted by Crippen LogP contribution is -2.55. The number of hydrogen-bond donors (Lipinski definition) is 1. The predicted molar refractivity (Wildman–Crippen MR) is 138 cm³/mol. The van der Waals surface area contributed by atoms with E-state index in [9.17, 15) is 19.2 Å². The van der Waals surface area contributed by atoms with Gasteiger partial charge in [0.1, 0.15) is 22.7 Å². The predicted octanol–water partition coefficient (Wildman–Crippen LogP) is 3.81. The zero-order valence-electron chi connectivity index (χ0n) is 19.9. The smallest absolute Gasteiger partial charge is 0.246 e. The Hall–Kier alpha value is -4.30. The lowest BCUT2D eigenvalue weighted by atomic mass is 9.94. The molecule has 0 aliphatic carbocycles. The van der Waals surface area contributed by atoms with Gasteiger partial charge < -0.3 is 15.5 Å². The molecule has 0 saturated carbocycles. The fraction of sp³-hybridized carbons (Fsp3) is 0.231. The van der Waals surface area contributed by atoms with Crippen LogP contribution in [0.25, 0.3) is 32.1 Å². The number of carbonyl (C=O) groups excluding carboxylic acids is 2. The Kier molecular flexibility index (Phi) is 6.13. The van der Waals surface area contributed by atoms with Crippen molar-refractivity contribution in [1.82, 2.24) is 19.6 Å². The maximum Gasteiger partial charge on any atom is 0.246 e. The number of piperazine rings is 1. The number of nitriles is 1. The van der Waals surface area contributed by atoms with Gasteiger partial charge in [0, 0.05) is 36.0 Å². The summed E-state index contributed by atoms with van der Waals surface area (Å²) in [5.74, 6) is -1.30. The number of aromatic nitrogens is 2. The molecule has 1 unspecified atom stereocenters. The van der Waals surface area contributed by atoms with Crippen molar-refractivity contribution in [2.75, 3.05) is 25.4 Å². The van der Waals surface area contributed by atoms with Crippen molar-refractivity contribution in [2.24, 2.45) is 0 Å². The first-order chi connectivity index (χ1) is 17.8. The van der Waals surface area contributed by atoms with Crippen LogP contribution in [0.4, 0.5) is 13.8 Å². The van der Waals surface area contributed by atoms with Gasteiger partial charge in [-0.15, -0.1) is 11.3 Å². The summed E-state index contributed by atoms with van der Waals surface area (Å²) in [5, 5.41) is 15.1. The molecule has 3 heterocycles. The van der Waals surface area contributed by atoms with Crippen LogP contribution >= 0.6 is 11.3 Å². The van der Waals surface area contributed by atoms with Gasteiger partial charge in [0.05, 0.1) is 34.6 Å². The van der Waals surface area contributed by atoms with Crippen LogP contribution in [-0.4, -0.2) is 57.6 Å². The fourth-order valence-corrected chi connectivity index (χ4v) is 6.01. The third kappa shape index (κ3) is 3.90. The minimum atomic E-state index is -0.541. The Balaban J connectivity index is 1.66. The molecule has 0 bridgehead atoms. The SMILES string of the molecule is C=CC(=O)N1CCN(C=O)C(Cn2ncc3c(-c4ccc(F)c5sc(N)c(C#N)c45)c(F)cc(C)c32)C1. The maximum absolute atomic E-state index is 15.6. The first-order valence-corrected chi connectivity index (χ1v) is 12.3. The fourth-order valence-electron chi connectivity index (χ4n) is 5.06. The highest BCUT2D eigenvalue weighted by atomic mass is 32.1. The Morgan fingerprint density at radius 1 is 1.35 bits per heavy atom. The van der Waals surface area contributed by atoms with E-state index in [4.69, 9.17) is 5.73 Å². The Morgan fingerprint density at radius 3 is 2.84 bits per heavy atom. The summed E-state index contributed by atoms with van der Waals surface area (Å²) in [6, 6.07) is 5.72. The van der Waals surface area contributed by atoms with Crippen molar-refractivity contribution >= 4 is 49.6 Å². The molecule has 4 aromatic rings. The van der Waals surface area contributed by atoms with Crippen molar-refractivity contribution in [2.45, 2.75) is 19.5 Å². The van der Waals surface area contributed by atoms with Crippen molar-refractivity contribution in [3.05, 3.63) is 59.8 Å². The van der Waals surface area contributed by atoms with Crippen LogP contribution < -0.4 is 5.73 Å². The maximum atomic E-state index is 15.6. The van der Waals surface area contributed by atoms with Crippen molar-refractivity contribution in [1.29, 1.82) is 5.26 Å². The highest BCUT2D eigenvalue weighted by Crippen LogP contribution is 2.44. The van der Waals surface area contributed by atoms with E-state index < -0.39 is 11.6 Å². The Labute approximate surface area is 214 Å². The molecule has 1 aliphatic rings. The number of nitrogens with zero attached hydrogens (tertiary/aromatic N) is 5. The molecule has 11 heteroatoms. The van der Waals surface area contributed by atoms with Crippen LogP contribution in [0, 0.1) is 29.9 Å². The lowest BCUT2D eigenvalue weighted by Gasteiger charge is -2.39. The Bertz CT molecular complexity index is 1640. The normalized spacial score (nSPS) is 15.8. The summed E-state index contributed by atoms with van der Waals surface area (Å²) in [4.78, 5) is 27.2. The number of halogens is 2. The van der Waals surface area contributed by atoms with Crippen LogP contribution in [0.3, 0.4) is 0 Å². The second-order valence-electron chi connectivity index (χ2n) is 8.88. The molecule has 188 valence electrons. The highest BCUT2D eigenvalue weighted by molar-refractivity contribution is 7.23. The minimum Gasteiger partial charge on any atom is -0.389 e. The molecule has 37 heavy (non-hydrogen) atoms. The number of hydrogen-bond acceptors (Lipinski definition) is 6.